The van der Waals surface area contributed by atoms with Gasteiger partial charge in [-0.25, -0.2) is 0 Å². The number of nitrogens with two attached hydrogens (primary N) is 1. The number of rotatable bonds is 5. The molecule has 0 amide bonds. The lowest BCUT2D eigenvalue weighted by Gasteiger charge is -2.46. The van der Waals surface area contributed by atoms with Crippen LogP contribution in [-0.4, -0.2) is 49.2 Å². The van der Waals surface area contributed by atoms with E-state index in [4.69, 9.17) is 5.73 Å². The molecule has 124 valence electrons. The maximum absolute atomic E-state index is 12.9. The molecule has 1 saturated carbocycles. The first kappa shape index (κ1) is 17.2. The first-order chi connectivity index (χ1) is 9.96. The highest BCUT2D eigenvalue weighted by molar-refractivity contribution is 7.86. The molecule has 1 aliphatic heterocycles. The van der Waals surface area contributed by atoms with E-state index in [1.54, 1.807) is 15.7 Å². The number of hydrogen-bond donors (Lipinski definition) is 1. The van der Waals surface area contributed by atoms with Crippen LogP contribution < -0.4 is 5.73 Å². The Hall–Kier alpha value is -0.170. The Morgan fingerprint density at radius 1 is 1.19 bits per heavy atom. The van der Waals surface area contributed by atoms with E-state index in [-0.39, 0.29) is 5.54 Å². The Labute approximate surface area is 130 Å². The minimum Gasteiger partial charge on any atom is -0.329 e. The molecule has 0 aromatic rings. The average Bonchev–Trinajstić information content (AvgIpc) is 2.55. The molecule has 6 heteroatoms. The molecule has 1 saturated heterocycles. The van der Waals surface area contributed by atoms with Crippen molar-refractivity contribution in [3.05, 3.63) is 0 Å². The fourth-order valence-electron chi connectivity index (χ4n) is 3.78. The molecular weight excluding hydrogens is 286 g/mol. The molecule has 0 aromatic heterocycles. The van der Waals surface area contributed by atoms with Gasteiger partial charge in [0.2, 0.25) is 0 Å². The van der Waals surface area contributed by atoms with Crippen LogP contribution in [0, 0.1) is 5.92 Å². The minimum absolute atomic E-state index is 0.373. The van der Waals surface area contributed by atoms with E-state index in [0.29, 0.717) is 19.6 Å². The minimum atomic E-state index is -3.37. The van der Waals surface area contributed by atoms with Crippen molar-refractivity contribution in [2.75, 3.05) is 26.7 Å². The van der Waals surface area contributed by atoms with Gasteiger partial charge in [-0.3, -0.25) is 0 Å². The van der Waals surface area contributed by atoms with Gasteiger partial charge in [-0.1, -0.05) is 19.8 Å². The lowest BCUT2D eigenvalue weighted by molar-refractivity contribution is 0.120. The Morgan fingerprint density at radius 2 is 1.76 bits per heavy atom. The third-order valence-electron chi connectivity index (χ3n) is 5.65. The van der Waals surface area contributed by atoms with Gasteiger partial charge < -0.3 is 5.73 Å². The molecule has 0 atom stereocenters. The predicted molar refractivity (Wildman–Crippen MR) is 86.1 cm³/mol. The van der Waals surface area contributed by atoms with Gasteiger partial charge in [0.1, 0.15) is 0 Å². The zero-order chi connectivity index (χ0) is 15.5. The van der Waals surface area contributed by atoms with Gasteiger partial charge in [0, 0.05) is 32.2 Å². The molecule has 5 nitrogen and oxygen atoms in total. The summed E-state index contributed by atoms with van der Waals surface area (Å²) in [4.78, 5) is 0. The topological polar surface area (TPSA) is 66.6 Å². The Bertz CT molecular complexity index is 424. The molecule has 0 bridgehead atoms. The summed E-state index contributed by atoms with van der Waals surface area (Å²) >= 11 is 0. The van der Waals surface area contributed by atoms with E-state index >= 15 is 0 Å². The molecule has 0 spiro atoms. The van der Waals surface area contributed by atoms with Crippen LogP contribution in [0.3, 0.4) is 0 Å². The molecule has 0 unspecified atom stereocenters. The number of nitrogens with zero attached hydrogens (tertiary/aromatic N) is 2. The number of hydrogen-bond acceptors (Lipinski definition) is 3. The molecule has 2 aliphatic rings. The Kier molecular flexibility index (Phi) is 5.68. The van der Waals surface area contributed by atoms with Crippen LogP contribution in [0.15, 0.2) is 0 Å². The molecular formula is C15H31N3O2S. The van der Waals surface area contributed by atoms with Crippen LogP contribution in [0.2, 0.25) is 0 Å². The van der Waals surface area contributed by atoms with Crippen LogP contribution in [0.5, 0.6) is 0 Å². The summed E-state index contributed by atoms with van der Waals surface area (Å²) in [5, 5.41) is 0. The third-order valence-corrected chi connectivity index (χ3v) is 7.75. The molecule has 1 aliphatic carbocycles. The van der Waals surface area contributed by atoms with E-state index in [1.165, 1.54) is 6.42 Å². The maximum Gasteiger partial charge on any atom is 0.282 e. The van der Waals surface area contributed by atoms with Gasteiger partial charge >= 0.3 is 0 Å². The van der Waals surface area contributed by atoms with E-state index in [1.807, 2.05) is 0 Å². The molecule has 0 aromatic carbocycles. The largest absolute Gasteiger partial charge is 0.329 e. The second kappa shape index (κ2) is 6.94. The lowest BCUT2D eigenvalue weighted by atomic mass is 9.75. The van der Waals surface area contributed by atoms with Gasteiger partial charge in [0.25, 0.3) is 10.2 Å². The highest BCUT2D eigenvalue weighted by Gasteiger charge is 2.44. The summed E-state index contributed by atoms with van der Waals surface area (Å²) < 4.78 is 29.1. The summed E-state index contributed by atoms with van der Waals surface area (Å²) in [5.74, 6) is 0.732. The average molecular weight is 317 g/mol. The van der Waals surface area contributed by atoms with Crippen LogP contribution in [0.1, 0.15) is 58.3 Å². The van der Waals surface area contributed by atoms with Gasteiger partial charge in [0.15, 0.2) is 0 Å². The number of piperidine rings is 1. The van der Waals surface area contributed by atoms with Gasteiger partial charge in [0.05, 0.1) is 0 Å². The fourth-order valence-corrected chi connectivity index (χ4v) is 5.60. The zero-order valence-corrected chi connectivity index (χ0v) is 14.4. The first-order valence-corrected chi connectivity index (χ1v) is 9.80. The van der Waals surface area contributed by atoms with Crippen LogP contribution in [0.4, 0.5) is 0 Å². The predicted octanol–water partition coefficient (Wildman–Crippen LogP) is 1.95. The number of likely N-dealkylation sites (N-methyl/N-ethyl adjacent to an activating group) is 1. The summed E-state index contributed by atoms with van der Waals surface area (Å²) in [5.41, 5.74) is 5.65. The van der Waals surface area contributed by atoms with Crippen LogP contribution >= 0.6 is 0 Å². The van der Waals surface area contributed by atoms with E-state index in [9.17, 15) is 8.42 Å². The maximum atomic E-state index is 12.9. The van der Waals surface area contributed by atoms with Crippen molar-refractivity contribution >= 4 is 10.2 Å². The van der Waals surface area contributed by atoms with Gasteiger partial charge in [-0.15, -0.1) is 0 Å². The molecule has 2 rings (SSSR count). The van der Waals surface area contributed by atoms with Crippen LogP contribution in [0.25, 0.3) is 0 Å². The second-order valence-corrected chi connectivity index (χ2v) is 8.67. The highest BCUT2D eigenvalue weighted by Crippen LogP contribution is 2.38. The van der Waals surface area contributed by atoms with Crippen molar-refractivity contribution in [1.29, 1.82) is 0 Å². The normalized spacial score (nSPS) is 32.5. The monoisotopic (exact) mass is 317 g/mol. The summed E-state index contributed by atoms with van der Waals surface area (Å²) in [7, 11) is -1.63. The fraction of sp³-hybridized carbons (Fsp3) is 1.00. The SMILES string of the molecule is CCC1CCC(CN)(N(C)S(=O)(=O)N2CCCCC2)CC1. The van der Waals surface area contributed by atoms with Crippen molar-refractivity contribution < 1.29 is 8.42 Å². The molecule has 1 heterocycles. The van der Waals surface area contributed by atoms with E-state index in [0.717, 1.165) is 50.9 Å². The summed E-state index contributed by atoms with van der Waals surface area (Å²) in [6.07, 6.45) is 8.23. The van der Waals surface area contributed by atoms with Crippen molar-refractivity contribution in [3.8, 4) is 0 Å². The first-order valence-electron chi connectivity index (χ1n) is 8.40. The molecule has 0 radical (unpaired) electrons. The van der Waals surface area contributed by atoms with Gasteiger partial charge in [-0.05, 0) is 44.4 Å². The molecule has 2 N–H and O–H groups in total. The van der Waals surface area contributed by atoms with Gasteiger partial charge in [-0.2, -0.15) is 17.0 Å². The standard InChI is InChI=1S/C15H31N3O2S/c1-3-14-7-9-15(13-16,10-8-14)17(2)21(19,20)18-11-5-4-6-12-18/h14H,3-13,16H2,1-2H3. The van der Waals surface area contributed by atoms with Crippen molar-refractivity contribution in [1.82, 2.24) is 8.61 Å². The summed E-state index contributed by atoms with van der Waals surface area (Å²) in [6.45, 7) is 3.96. The van der Waals surface area contributed by atoms with Crippen LogP contribution in [-0.2, 0) is 10.2 Å². The van der Waals surface area contributed by atoms with E-state index < -0.39 is 10.2 Å². The van der Waals surface area contributed by atoms with Crippen molar-refractivity contribution in [2.24, 2.45) is 11.7 Å². The Balaban J connectivity index is 2.13. The zero-order valence-electron chi connectivity index (χ0n) is 13.6. The quantitative estimate of drug-likeness (QED) is 0.843. The van der Waals surface area contributed by atoms with Crippen molar-refractivity contribution in [2.45, 2.75) is 63.8 Å². The molecule has 21 heavy (non-hydrogen) atoms. The molecule has 2 fully saturated rings. The van der Waals surface area contributed by atoms with Crippen molar-refractivity contribution in [3.63, 3.8) is 0 Å². The highest BCUT2D eigenvalue weighted by atomic mass is 32.2. The smallest absolute Gasteiger partial charge is 0.282 e. The van der Waals surface area contributed by atoms with E-state index in [2.05, 4.69) is 6.92 Å². The third kappa shape index (κ3) is 3.44. The Morgan fingerprint density at radius 3 is 2.24 bits per heavy atom. The summed E-state index contributed by atoms with van der Waals surface area (Å²) in [6, 6.07) is 0. The lowest BCUT2D eigenvalue weighted by Crippen LogP contribution is -2.59. The second-order valence-electron chi connectivity index (χ2n) is 6.72.